The van der Waals surface area contributed by atoms with E-state index >= 15 is 0 Å². The van der Waals surface area contributed by atoms with Crippen molar-refractivity contribution in [2.45, 2.75) is 34.1 Å². The zero-order chi connectivity index (χ0) is 35.6. The average molecular weight is 692 g/mol. The highest BCUT2D eigenvalue weighted by Gasteiger charge is 2.20. The van der Waals surface area contributed by atoms with Crippen molar-refractivity contribution in [1.82, 2.24) is 14.1 Å². The topological polar surface area (TPSA) is 22.8 Å². The first-order valence-corrected chi connectivity index (χ1v) is 18.9. The summed E-state index contributed by atoms with van der Waals surface area (Å²) >= 11 is 1.86. The molecule has 0 saturated heterocycles. The molecular formula is C48H41N3S. The highest BCUT2D eigenvalue weighted by atomic mass is 32.1. The molecule has 0 saturated carbocycles. The summed E-state index contributed by atoms with van der Waals surface area (Å²) in [6.45, 7) is 8.29. The second-order valence-corrected chi connectivity index (χ2v) is 14.0. The number of benzene rings is 5. The second-order valence-electron chi connectivity index (χ2n) is 12.9. The fraction of sp³-hybridized carbons (Fsp3) is 0.104. The van der Waals surface area contributed by atoms with Crippen molar-refractivity contribution in [3.8, 4) is 28.2 Å². The standard InChI is InChI=1S/C44H33N3S.C4H8/c1-3-5-18-33(4-2)46-22-21-31-24-40-36(27-39(31)46)35-26-37-34-19-12-13-20-42(34)48-43(37)28-41(35)47(40)44-25-32(29-14-8-6-9-15-29)23-38(45-44)30-16-10-7-11-17-30;1-3-4-2/h3,5-28H,4H2,1-2H3;3-4H,1-2H3/b5-3-,33-18+;4-3-. The Labute approximate surface area is 309 Å². The third-order valence-corrected chi connectivity index (χ3v) is 10.9. The fourth-order valence-electron chi connectivity index (χ4n) is 7.12. The molecule has 0 spiro atoms. The number of aromatic nitrogens is 3. The van der Waals surface area contributed by atoms with E-state index in [1.54, 1.807) is 0 Å². The molecular weight excluding hydrogens is 651 g/mol. The molecule has 9 aromatic rings. The summed E-state index contributed by atoms with van der Waals surface area (Å²) in [5.41, 5.74) is 9.18. The monoisotopic (exact) mass is 691 g/mol. The minimum Gasteiger partial charge on any atom is -0.320 e. The Bertz CT molecular complexity index is 2730. The van der Waals surface area contributed by atoms with E-state index in [4.69, 9.17) is 4.98 Å². The summed E-state index contributed by atoms with van der Waals surface area (Å²) in [7, 11) is 0. The van der Waals surface area contributed by atoms with Crippen LogP contribution in [0.2, 0.25) is 0 Å². The van der Waals surface area contributed by atoms with Crippen molar-refractivity contribution in [1.29, 1.82) is 0 Å². The van der Waals surface area contributed by atoms with Crippen molar-refractivity contribution in [3.63, 3.8) is 0 Å². The van der Waals surface area contributed by atoms with Gasteiger partial charge in [-0.2, -0.15) is 0 Å². The third-order valence-electron chi connectivity index (χ3n) is 9.78. The van der Waals surface area contributed by atoms with Gasteiger partial charge in [0.05, 0.1) is 22.2 Å². The van der Waals surface area contributed by atoms with Crippen molar-refractivity contribution in [2.24, 2.45) is 0 Å². The number of rotatable bonds is 6. The van der Waals surface area contributed by atoms with E-state index in [1.165, 1.54) is 58.6 Å². The molecule has 4 heteroatoms. The summed E-state index contributed by atoms with van der Waals surface area (Å²) in [5, 5.41) is 6.28. The lowest BCUT2D eigenvalue weighted by Gasteiger charge is -2.13. The molecule has 0 radical (unpaired) electrons. The van der Waals surface area contributed by atoms with Crippen LogP contribution in [0, 0.1) is 0 Å². The van der Waals surface area contributed by atoms with Gasteiger partial charge < -0.3 is 4.57 Å². The zero-order valence-electron chi connectivity index (χ0n) is 30.0. The number of hydrogen-bond donors (Lipinski definition) is 0. The maximum atomic E-state index is 5.40. The molecule has 3 nitrogen and oxygen atoms in total. The van der Waals surface area contributed by atoms with E-state index in [9.17, 15) is 0 Å². The molecule has 52 heavy (non-hydrogen) atoms. The quantitative estimate of drug-likeness (QED) is 0.126. The van der Waals surface area contributed by atoms with Crippen LogP contribution in [-0.2, 0) is 0 Å². The third kappa shape index (κ3) is 5.95. The zero-order valence-corrected chi connectivity index (χ0v) is 30.9. The van der Waals surface area contributed by atoms with E-state index in [2.05, 4.69) is 175 Å². The summed E-state index contributed by atoms with van der Waals surface area (Å²) in [6, 6.07) is 46.2. The van der Waals surface area contributed by atoms with Gasteiger partial charge in [-0.25, -0.2) is 4.98 Å². The number of hydrogen-bond acceptors (Lipinski definition) is 2. The Morgan fingerprint density at radius 1 is 0.596 bits per heavy atom. The van der Waals surface area contributed by atoms with Gasteiger partial charge in [0, 0.05) is 53.8 Å². The molecule has 0 N–H and O–H groups in total. The van der Waals surface area contributed by atoms with E-state index in [1.807, 2.05) is 37.3 Å². The Morgan fingerprint density at radius 3 is 2.02 bits per heavy atom. The lowest BCUT2D eigenvalue weighted by molar-refractivity contribution is 1.05. The maximum absolute atomic E-state index is 5.40. The van der Waals surface area contributed by atoms with Crippen LogP contribution in [0.3, 0.4) is 0 Å². The SMILES string of the molecule is C/C=C\C.C/C=C\C=C(/CC)n1ccc2cc3c(cc21)c1cc2c(cc1n3-c1cc(-c3ccccc3)cc(-c3ccccc3)n1)sc1ccccc12. The molecule has 0 aliphatic rings. The summed E-state index contributed by atoms with van der Waals surface area (Å²) in [4.78, 5) is 5.40. The van der Waals surface area contributed by atoms with E-state index in [-0.39, 0.29) is 0 Å². The average Bonchev–Trinajstić information content (AvgIpc) is 3.88. The van der Waals surface area contributed by atoms with Crippen molar-refractivity contribution >= 4 is 69.9 Å². The molecule has 5 aromatic carbocycles. The van der Waals surface area contributed by atoms with Crippen LogP contribution >= 0.6 is 11.3 Å². The fourth-order valence-corrected chi connectivity index (χ4v) is 8.24. The summed E-state index contributed by atoms with van der Waals surface area (Å²) in [6.07, 6.45) is 13.6. The van der Waals surface area contributed by atoms with E-state index < -0.39 is 0 Å². The number of thiophene rings is 1. The van der Waals surface area contributed by atoms with Crippen LogP contribution in [0.5, 0.6) is 0 Å². The Hall–Kier alpha value is -5.97. The second kappa shape index (κ2) is 14.3. The van der Waals surface area contributed by atoms with Crippen molar-refractivity contribution in [3.05, 3.63) is 164 Å². The van der Waals surface area contributed by atoms with Crippen LogP contribution in [0.15, 0.2) is 164 Å². The Balaban J connectivity index is 0.000000922. The highest BCUT2D eigenvalue weighted by molar-refractivity contribution is 7.25. The molecule has 254 valence electrons. The smallest absolute Gasteiger partial charge is 0.138 e. The van der Waals surface area contributed by atoms with Gasteiger partial charge in [0.1, 0.15) is 5.82 Å². The summed E-state index contributed by atoms with van der Waals surface area (Å²) in [5.74, 6) is 0.914. The number of fused-ring (bicyclic) bond motifs is 7. The van der Waals surface area contributed by atoms with Gasteiger partial charge >= 0.3 is 0 Å². The molecule has 0 bridgehead atoms. The van der Waals surface area contributed by atoms with Gasteiger partial charge in [-0.1, -0.05) is 110 Å². The minimum absolute atomic E-state index is 0.914. The summed E-state index contributed by atoms with van der Waals surface area (Å²) < 4.78 is 7.33. The molecule has 4 aromatic heterocycles. The molecule has 0 unspecified atom stereocenters. The van der Waals surface area contributed by atoms with E-state index in [0.717, 1.165) is 34.6 Å². The largest absolute Gasteiger partial charge is 0.320 e. The molecule has 9 rings (SSSR count). The van der Waals surface area contributed by atoms with Gasteiger partial charge in [0.2, 0.25) is 0 Å². The van der Waals surface area contributed by atoms with Gasteiger partial charge in [-0.15, -0.1) is 11.3 Å². The molecule has 0 atom stereocenters. The number of nitrogens with zero attached hydrogens (tertiary/aromatic N) is 3. The van der Waals surface area contributed by atoms with Gasteiger partial charge in [0.25, 0.3) is 0 Å². The molecule has 0 fully saturated rings. The first kappa shape index (κ1) is 33.2. The first-order chi connectivity index (χ1) is 25.6. The van der Waals surface area contributed by atoms with Gasteiger partial charge in [0.15, 0.2) is 0 Å². The minimum atomic E-state index is 0.914. The normalized spacial score (nSPS) is 12.3. The lowest BCUT2D eigenvalue weighted by Crippen LogP contribution is -2.00. The molecule has 4 heterocycles. The van der Waals surface area contributed by atoms with Crippen LogP contribution in [0.4, 0.5) is 0 Å². The van der Waals surface area contributed by atoms with E-state index in [0.29, 0.717) is 0 Å². The van der Waals surface area contributed by atoms with Crippen LogP contribution < -0.4 is 0 Å². The molecule has 0 aliphatic carbocycles. The maximum Gasteiger partial charge on any atom is 0.138 e. The van der Waals surface area contributed by atoms with Crippen molar-refractivity contribution in [2.75, 3.05) is 0 Å². The number of pyridine rings is 1. The first-order valence-electron chi connectivity index (χ1n) is 18.0. The van der Waals surface area contributed by atoms with Crippen molar-refractivity contribution < 1.29 is 0 Å². The molecule has 0 aliphatic heterocycles. The van der Waals surface area contributed by atoms with Crippen LogP contribution in [-0.4, -0.2) is 14.1 Å². The Kier molecular flexibility index (Phi) is 9.15. The molecule has 0 amide bonds. The highest BCUT2D eigenvalue weighted by Crippen LogP contribution is 2.42. The Morgan fingerprint density at radius 2 is 1.29 bits per heavy atom. The van der Waals surface area contributed by atoms with Gasteiger partial charge in [-0.05, 0) is 92.9 Å². The predicted molar refractivity (Wildman–Crippen MR) is 228 cm³/mol. The lowest BCUT2D eigenvalue weighted by atomic mass is 10.0. The predicted octanol–water partition coefficient (Wildman–Crippen LogP) is 14.2. The van der Waals surface area contributed by atoms with Crippen LogP contribution in [0.1, 0.15) is 34.1 Å². The van der Waals surface area contributed by atoms with Gasteiger partial charge in [-0.3, -0.25) is 4.57 Å². The van der Waals surface area contributed by atoms with Crippen LogP contribution in [0.25, 0.3) is 86.8 Å². The number of allylic oxidation sites excluding steroid dienone is 6.